The number of benzene rings is 1. The number of hydrogen-bond donors (Lipinski definition) is 3. The fraction of sp³-hybridized carbons (Fsp3) is 0.350. The molecule has 1 aromatic heterocycles. The Labute approximate surface area is 177 Å². The van der Waals surface area contributed by atoms with Crippen LogP contribution in [0.15, 0.2) is 41.8 Å². The third-order valence-corrected chi connectivity index (χ3v) is 6.28. The van der Waals surface area contributed by atoms with Gasteiger partial charge in [-0.1, -0.05) is 25.0 Å². The minimum Gasteiger partial charge on any atom is -0.354 e. The van der Waals surface area contributed by atoms with Crippen molar-refractivity contribution in [2.45, 2.75) is 31.1 Å². The van der Waals surface area contributed by atoms with Crippen molar-refractivity contribution in [2.24, 2.45) is 0 Å². The minimum atomic E-state index is -1.01. The van der Waals surface area contributed by atoms with E-state index in [2.05, 4.69) is 22.0 Å². The summed E-state index contributed by atoms with van der Waals surface area (Å²) in [6.45, 7) is 0.157. The summed E-state index contributed by atoms with van der Waals surface area (Å²) in [6.07, 6.45) is 4.24. The Balaban J connectivity index is 1.47. The molecule has 0 aliphatic heterocycles. The number of thiophene rings is 1. The lowest BCUT2D eigenvalue weighted by atomic mass is 9.84. The van der Waals surface area contributed by atoms with Crippen molar-refractivity contribution in [3.8, 4) is 0 Å². The fourth-order valence-electron chi connectivity index (χ4n) is 3.60. The van der Waals surface area contributed by atoms with Gasteiger partial charge in [0, 0.05) is 34.7 Å². The molecule has 0 atom stereocenters. The summed E-state index contributed by atoms with van der Waals surface area (Å²) < 4.78 is 0. The van der Waals surface area contributed by atoms with E-state index in [1.807, 2.05) is 11.4 Å². The van der Waals surface area contributed by atoms with Gasteiger partial charge in [0.25, 0.3) is 5.69 Å². The number of rotatable bonds is 7. The normalized spacial score (nSPS) is 14.7. The number of nitrogens with one attached hydrogen (secondary N) is 3. The Morgan fingerprint density at radius 2 is 1.83 bits per heavy atom. The highest BCUT2D eigenvalue weighted by Crippen LogP contribution is 2.42. The van der Waals surface area contributed by atoms with E-state index in [0.717, 1.165) is 31.7 Å². The summed E-state index contributed by atoms with van der Waals surface area (Å²) in [7, 11) is 0. The molecule has 9 nitrogen and oxygen atoms in total. The number of non-ortho nitro benzene ring substituents is 1. The number of nitrogens with zero attached hydrogens (tertiary/aromatic N) is 1. The average molecular weight is 430 g/mol. The topological polar surface area (TPSA) is 130 Å². The first-order chi connectivity index (χ1) is 14.4. The van der Waals surface area contributed by atoms with Crippen LogP contribution in [0.5, 0.6) is 0 Å². The first-order valence-corrected chi connectivity index (χ1v) is 10.4. The maximum atomic E-state index is 12.2. The molecule has 10 heteroatoms. The maximum absolute atomic E-state index is 12.2. The van der Waals surface area contributed by atoms with E-state index in [0.29, 0.717) is 6.54 Å². The summed E-state index contributed by atoms with van der Waals surface area (Å²) in [5.74, 6) is -2.38. The molecule has 3 N–H and O–H groups in total. The van der Waals surface area contributed by atoms with E-state index in [4.69, 9.17) is 0 Å². The lowest BCUT2D eigenvalue weighted by molar-refractivity contribution is -0.384. The van der Waals surface area contributed by atoms with Crippen LogP contribution in [0.4, 0.5) is 11.4 Å². The molecule has 1 aromatic carbocycles. The smallest absolute Gasteiger partial charge is 0.313 e. The molecule has 30 heavy (non-hydrogen) atoms. The van der Waals surface area contributed by atoms with Gasteiger partial charge in [0.1, 0.15) is 0 Å². The molecule has 0 bridgehead atoms. The van der Waals surface area contributed by atoms with Crippen LogP contribution in [0.1, 0.15) is 30.6 Å². The van der Waals surface area contributed by atoms with Gasteiger partial charge in [0.2, 0.25) is 5.91 Å². The summed E-state index contributed by atoms with van der Waals surface area (Å²) in [6, 6.07) is 9.32. The SMILES string of the molecule is O=C(CNC(=O)C(=O)Nc1cccc([N+](=O)[O-])c1)NCC1(c2cccs2)CCCC1. The van der Waals surface area contributed by atoms with E-state index in [1.54, 1.807) is 11.3 Å². The minimum absolute atomic E-state index is 0.0623. The Morgan fingerprint density at radius 3 is 2.50 bits per heavy atom. The van der Waals surface area contributed by atoms with Gasteiger partial charge < -0.3 is 16.0 Å². The van der Waals surface area contributed by atoms with Crippen LogP contribution in [-0.4, -0.2) is 35.7 Å². The second-order valence-electron chi connectivity index (χ2n) is 7.19. The number of nitro groups is 1. The Hall–Kier alpha value is -3.27. The van der Waals surface area contributed by atoms with Crippen LogP contribution >= 0.6 is 11.3 Å². The van der Waals surface area contributed by atoms with Crippen LogP contribution in [-0.2, 0) is 19.8 Å². The maximum Gasteiger partial charge on any atom is 0.313 e. The molecular weight excluding hydrogens is 408 g/mol. The van der Waals surface area contributed by atoms with Crippen molar-refractivity contribution in [3.05, 3.63) is 56.8 Å². The molecule has 3 rings (SSSR count). The molecule has 1 saturated carbocycles. The Morgan fingerprint density at radius 1 is 1.07 bits per heavy atom. The van der Waals surface area contributed by atoms with Crippen LogP contribution in [0, 0.1) is 10.1 Å². The molecule has 1 aliphatic carbocycles. The van der Waals surface area contributed by atoms with Crippen molar-refractivity contribution >= 4 is 40.4 Å². The number of amides is 3. The zero-order valence-electron chi connectivity index (χ0n) is 16.2. The van der Waals surface area contributed by atoms with Gasteiger partial charge in [-0.3, -0.25) is 24.5 Å². The van der Waals surface area contributed by atoms with Gasteiger partial charge in [0.05, 0.1) is 11.5 Å². The third kappa shape index (κ3) is 5.20. The van der Waals surface area contributed by atoms with E-state index in [1.165, 1.54) is 23.1 Å². The summed E-state index contributed by atoms with van der Waals surface area (Å²) in [4.78, 5) is 47.5. The highest BCUT2D eigenvalue weighted by atomic mass is 32.1. The van der Waals surface area contributed by atoms with Crippen molar-refractivity contribution in [2.75, 3.05) is 18.4 Å². The first kappa shape index (κ1) is 21.4. The number of nitro benzene ring substituents is 1. The molecule has 2 aromatic rings. The summed E-state index contributed by atoms with van der Waals surface area (Å²) in [5, 5.41) is 20.2. The van der Waals surface area contributed by atoms with E-state index in [-0.39, 0.29) is 29.2 Å². The zero-order valence-corrected chi connectivity index (χ0v) is 17.0. The molecule has 3 amide bonds. The molecule has 1 heterocycles. The molecule has 0 spiro atoms. The molecule has 0 saturated heterocycles. The molecular formula is C20H22N4O5S. The largest absolute Gasteiger partial charge is 0.354 e. The summed E-state index contributed by atoms with van der Waals surface area (Å²) in [5.41, 5.74) is -0.153. The number of carbonyl (C=O) groups excluding carboxylic acids is 3. The lowest BCUT2D eigenvalue weighted by Crippen LogP contribution is -2.45. The van der Waals surface area contributed by atoms with Crippen molar-refractivity contribution < 1.29 is 19.3 Å². The molecule has 1 fully saturated rings. The summed E-state index contributed by atoms with van der Waals surface area (Å²) >= 11 is 1.68. The van der Waals surface area contributed by atoms with E-state index < -0.39 is 16.7 Å². The first-order valence-electron chi connectivity index (χ1n) is 9.54. The molecule has 158 valence electrons. The van der Waals surface area contributed by atoms with Crippen molar-refractivity contribution in [3.63, 3.8) is 0 Å². The van der Waals surface area contributed by atoms with Crippen molar-refractivity contribution in [1.29, 1.82) is 0 Å². The highest BCUT2D eigenvalue weighted by Gasteiger charge is 2.36. The van der Waals surface area contributed by atoms with Crippen LogP contribution in [0.3, 0.4) is 0 Å². The third-order valence-electron chi connectivity index (χ3n) is 5.16. The predicted octanol–water partition coefficient (Wildman–Crippen LogP) is 2.34. The fourth-order valence-corrected chi connectivity index (χ4v) is 4.59. The van der Waals surface area contributed by atoms with Gasteiger partial charge in [-0.25, -0.2) is 0 Å². The van der Waals surface area contributed by atoms with Crippen LogP contribution < -0.4 is 16.0 Å². The molecule has 1 aliphatic rings. The molecule has 0 unspecified atom stereocenters. The standard InChI is InChI=1S/C20H22N4O5S/c25-17(22-13-20(8-1-2-9-20)16-7-4-10-30-16)12-21-18(26)19(27)23-14-5-3-6-15(11-14)24(28)29/h3-7,10-11H,1-2,8-9,12-13H2,(H,21,26)(H,22,25)(H,23,27). The second-order valence-corrected chi connectivity index (χ2v) is 8.13. The molecule has 0 radical (unpaired) electrons. The second kappa shape index (κ2) is 9.49. The van der Waals surface area contributed by atoms with Crippen LogP contribution in [0.2, 0.25) is 0 Å². The zero-order chi connectivity index (χ0) is 21.6. The van der Waals surface area contributed by atoms with Gasteiger partial charge in [-0.15, -0.1) is 11.3 Å². The van der Waals surface area contributed by atoms with Gasteiger partial charge in [0.15, 0.2) is 0 Å². The number of anilines is 1. The van der Waals surface area contributed by atoms with Gasteiger partial charge in [-0.05, 0) is 30.4 Å². The number of carbonyl (C=O) groups is 3. The highest BCUT2D eigenvalue weighted by molar-refractivity contribution is 7.10. The van der Waals surface area contributed by atoms with Crippen molar-refractivity contribution in [1.82, 2.24) is 10.6 Å². The average Bonchev–Trinajstić information content (AvgIpc) is 3.43. The quantitative estimate of drug-likeness (QED) is 0.353. The lowest BCUT2D eigenvalue weighted by Gasteiger charge is -2.28. The Bertz CT molecular complexity index is 938. The van der Waals surface area contributed by atoms with E-state index in [9.17, 15) is 24.5 Å². The van der Waals surface area contributed by atoms with Gasteiger partial charge >= 0.3 is 11.8 Å². The Kier molecular flexibility index (Phi) is 6.78. The van der Waals surface area contributed by atoms with E-state index >= 15 is 0 Å². The number of hydrogen-bond acceptors (Lipinski definition) is 6. The van der Waals surface area contributed by atoms with Gasteiger partial charge in [-0.2, -0.15) is 0 Å². The monoisotopic (exact) mass is 430 g/mol. The predicted molar refractivity (Wildman–Crippen MR) is 112 cm³/mol. The van der Waals surface area contributed by atoms with Crippen LogP contribution in [0.25, 0.3) is 0 Å².